The number of hydrogen-bond donors (Lipinski definition) is 1. The number of piperidine rings is 1. The SMILES string of the molecule is O=C(CS(=O)(=O)c1ccccc1)NC1CCN(C2CC2)CC1. The highest BCUT2D eigenvalue weighted by Gasteiger charge is 2.32. The molecule has 1 amide bonds. The van der Waals surface area contributed by atoms with Gasteiger partial charge in [0.25, 0.3) is 0 Å². The monoisotopic (exact) mass is 322 g/mol. The van der Waals surface area contributed by atoms with Gasteiger partial charge in [-0.3, -0.25) is 4.79 Å². The zero-order valence-corrected chi connectivity index (χ0v) is 13.4. The van der Waals surface area contributed by atoms with Crippen LogP contribution in [0, 0.1) is 0 Å². The number of benzene rings is 1. The van der Waals surface area contributed by atoms with E-state index in [9.17, 15) is 13.2 Å². The molecule has 1 saturated carbocycles. The van der Waals surface area contributed by atoms with Crippen molar-refractivity contribution < 1.29 is 13.2 Å². The van der Waals surface area contributed by atoms with Gasteiger partial charge in [0, 0.05) is 25.2 Å². The van der Waals surface area contributed by atoms with Crippen molar-refractivity contribution in [1.29, 1.82) is 0 Å². The van der Waals surface area contributed by atoms with Crippen molar-refractivity contribution in [3.05, 3.63) is 30.3 Å². The van der Waals surface area contributed by atoms with Crippen LogP contribution in [0.15, 0.2) is 35.2 Å². The number of nitrogens with one attached hydrogen (secondary N) is 1. The number of sulfone groups is 1. The zero-order chi connectivity index (χ0) is 15.6. The zero-order valence-electron chi connectivity index (χ0n) is 12.6. The summed E-state index contributed by atoms with van der Waals surface area (Å²) in [5.41, 5.74) is 0. The molecule has 3 rings (SSSR count). The van der Waals surface area contributed by atoms with Gasteiger partial charge in [0.2, 0.25) is 5.91 Å². The Morgan fingerprint density at radius 1 is 1.09 bits per heavy atom. The number of nitrogens with zero attached hydrogens (tertiary/aromatic N) is 1. The van der Waals surface area contributed by atoms with Gasteiger partial charge >= 0.3 is 0 Å². The molecule has 0 radical (unpaired) electrons. The summed E-state index contributed by atoms with van der Waals surface area (Å²) in [5, 5.41) is 2.88. The fourth-order valence-corrected chi connectivity index (χ4v) is 4.17. The molecule has 0 unspecified atom stereocenters. The molecule has 1 saturated heterocycles. The Morgan fingerprint density at radius 2 is 1.73 bits per heavy atom. The van der Waals surface area contributed by atoms with Gasteiger partial charge in [0.05, 0.1) is 4.90 Å². The van der Waals surface area contributed by atoms with E-state index < -0.39 is 21.5 Å². The molecule has 0 aromatic heterocycles. The van der Waals surface area contributed by atoms with Crippen LogP contribution in [0.4, 0.5) is 0 Å². The first-order valence-corrected chi connectivity index (χ1v) is 9.51. The van der Waals surface area contributed by atoms with Gasteiger partial charge in [-0.05, 0) is 37.8 Å². The van der Waals surface area contributed by atoms with E-state index in [0.29, 0.717) is 0 Å². The molecule has 2 fully saturated rings. The number of carbonyl (C=O) groups excluding carboxylic acids is 1. The Balaban J connectivity index is 1.50. The van der Waals surface area contributed by atoms with Crippen LogP contribution in [0.1, 0.15) is 25.7 Å². The van der Waals surface area contributed by atoms with Gasteiger partial charge in [-0.25, -0.2) is 8.42 Å². The van der Waals surface area contributed by atoms with E-state index in [1.165, 1.54) is 25.0 Å². The first-order chi connectivity index (χ1) is 10.5. The Bertz CT molecular complexity index is 618. The predicted molar refractivity (Wildman–Crippen MR) is 84.3 cm³/mol. The molecule has 1 N–H and O–H groups in total. The Hall–Kier alpha value is -1.40. The average Bonchev–Trinajstić information content (AvgIpc) is 3.33. The molecule has 2 aliphatic rings. The highest BCUT2D eigenvalue weighted by atomic mass is 32.2. The number of hydrogen-bond acceptors (Lipinski definition) is 4. The van der Waals surface area contributed by atoms with Crippen molar-refractivity contribution >= 4 is 15.7 Å². The predicted octanol–water partition coefficient (Wildman–Crippen LogP) is 1.20. The van der Waals surface area contributed by atoms with Crippen LogP contribution in [0.25, 0.3) is 0 Å². The number of amides is 1. The lowest BCUT2D eigenvalue weighted by molar-refractivity contribution is -0.119. The quantitative estimate of drug-likeness (QED) is 0.885. The van der Waals surface area contributed by atoms with Crippen molar-refractivity contribution in [2.45, 2.75) is 42.7 Å². The summed E-state index contributed by atoms with van der Waals surface area (Å²) < 4.78 is 24.3. The molecular formula is C16H22N2O3S. The minimum atomic E-state index is -3.55. The topological polar surface area (TPSA) is 66.5 Å². The van der Waals surface area contributed by atoms with Crippen LogP contribution in [0.5, 0.6) is 0 Å². The standard InChI is InChI=1S/C16H22N2O3S/c19-16(12-22(20,21)15-4-2-1-3-5-15)17-13-8-10-18(11-9-13)14-6-7-14/h1-5,13-14H,6-12H2,(H,17,19). The third-order valence-electron chi connectivity index (χ3n) is 4.38. The van der Waals surface area contributed by atoms with Crippen molar-refractivity contribution in [2.24, 2.45) is 0 Å². The van der Waals surface area contributed by atoms with E-state index in [2.05, 4.69) is 10.2 Å². The highest BCUT2D eigenvalue weighted by molar-refractivity contribution is 7.92. The van der Waals surface area contributed by atoms with E-state index in [1.54, 1.807) is 18.2 Å². The summed E-state index contributed by atoms with van der Waals surface area (Å²) in [5.74, 6) is -0.867. The summed E-state index contributed by atoms with van der Waals surface area (Å²) in [6, 6.07) is 9.00. The second-order valence-corrected chi connectivity index (χ2v) is 8.17. The van der Waals surface area contributed by atoms with Crippen molar-refractivity contribution in [3.8, 4) is 0 Å². The van der Waals surface area contributed by atoms with Crippen LogP contribution in [0.2, 0.25) is 0 Å². The molecule has 22 heavy (non-hydrogen) atoms. The molecular weight excluding hydrogens is 300 g/mol. The minimum absolute atomic E-state index is 0.105. The van der Waals surface area contributed by atoms with E-state index in [4.69, 9.17) is 0 Å². The summed E-state index contributed by atoms with van der Waals surface area (Å²) in [6.07, 6.45) is 4.42. The van der Waals surface area contributed by atoms with E-state index in [0.717, 1.165) is 32.0 Å². The summed E-state index contributed by atoms with van der Waals surface area (Å²) in [6.45, 7) is 2.00. The molecule has 1 aromatic carbocycles. The lowest BCUT2D eigenvalue weighted by Crippen LogP contribution is -2.46. The molecule has 120 valence electrons. The maximum absolute atomic E-state index is 12.2. The lowest BCUT2D eigenvalue weighted by atomic mass is 10.1. The fourth-order valence-electron chi connectivity index (χ4n) is 3.00. The fraction of sp³-hybridized carbons (Fsp3) is 0.562. The molecule has 1 heterocycles. The molecule has 0 spiro atoms. The van der Waals surface area contributed by atoms with Gasteiger partial charge < -0.3 is 10.2 Å². The second-order valence-electron chi connectivity index (χ2n) is 6.18. The van der Waals surface area contributed by atoms with Gasteiger partial charge in [-0.2, -0.15) is 0 Å². The van der Waals surface area contributed by atoms with Crippen molar-refractivity contribution in [1.82, 2.24) is 10.2 Å². The first-order valence-electron chi connectivity index (χ1n) is 7.86. The molecule has 1 aromatic rings. The lowest BCUT2D eigenvalue weighted by Gasteiger charge is -2.32. The van der Waals surface area contributed by atoms with E-state index in [1.807, 2.05) is 0 Å². The number of likely N-dealkylation sites (tertiary alicyclic amines) is 1. The van der Waals surface area contributed by atoms with Crippen LogP contribution in [-0.4, -0.2) is 50.2 Å². The Morgan fingerprint density at radius 3 is 2.32 bits per heavy atom. The van der Waals surface area contributed by atoms with E-state index >= 15 is 0 Å². The van der Waals surface area contributed by atoms with Gasteiger partial charge in [0.1, 0.15) is 5.75 Å². The molecule has 0 atom stereocenters. The maximum Gasteiger partial charge on any atom is 0.235 e. The smallest absolute Gasteiger partial charge is 0.235 e. The molecule has 5 nitrogen and oxygen atoms in total. The summed E-state index contributed by atoms with van der Waals surface area (Å²) >= 11 is 0. The largest absolute Gasteiger partial charge is 0.352 e. The van der Waals surface area contributed by atoms with Gasteiger partial charge in [0.15, 0.2) is 9.84 Å². The Labute approximate surface area is 131 Å². The number of carbonyl (C=O) groups is 1. The molecule has 1 aliphatic heterocycles. The van der Waals surface area contributed by atoms with E-state index in [-0.39, 0.29) is 10.9 Å². The summed E-state index contributed by atoms with van der Waals surface area (Å²) in [7, 11) is -3.55. The van der Waals surface area contributed by atoms with Crippen LogP contribution in [0.3, 0.4) is 0 Å². The second kappa shape index (κ2) is 6.38. The van der Waals surface area contributed by atoms with Crippen LogP contribution < -0.4 is 5.32 Å². The molecule has 0 bridgehead atoms. The normalized spacial score (nSPS) is 20.7. The molecule has 1 aliphatic carbocycles. The van der Waals surface area contributed by atoms with Gasteiger partial charge in [-0.1, -0.05) is 18.2 Å². The maximum atomic E-state index is 12.2. The highest BCUT2D eigenvalue weighted by Crippen LogP contribution is 2.29. The minimum Gasteiger partial charge on any atom is -0.352 e. The number of rotatable bonds is 5. The average molecular weight is 322 g/mol. The first kappa shape index (κ1) is 15.5. The van der Waals surface area contributed by atoms with Crippen molar-refractivity contribution in [2.75, 3.05) is 18.8 Å². The molecule has 6 heteroatoms. The van der Waals surface area contributed by atoms with Gasteiger partial charge in [-0.15, -0.1) is 0 Å². The van der Waals surface area contributed by atoms with Crippen molar-refractivity contribution in [3.63, 3.8) is 0 Å². The Kier molecular flexibility index (Phi) is 4.49. The third-order valence-corrected chi connectivity index (χ3v) is 6.01. The third kappa shape index (κ3) is 3.87. The van der Waals surface area contributed by atoms with Crippen LogP contribution >= 0.6 is 0 Å². The van der Waals surface area contributed by atoms with Crippen LogP contribution in [-0.2, 0) is 14.6 Å². The summed E-state index contributed by atoms with van der Waals surface area (Å²) in [4.78, 5) is 14.7.